The van der Waals surface area contributed by atoms with Crippen molar-refractivity contribution in [3.05, 3.63) is 35.2 Å². The molecule has 0 saturated carbocycles. The molecule has 0 aliphatic carbocycles. The quantitative estimate of drug-likeness (QED) is 0.867. The molecule has 0 aliphatic heterocycles. The van der Waals surface area contributed by atoms with Crippen molar-refractivity contribution in [1.29, 1.82) is 0 Å². The summed E-state index contributed by atoms with van der Waals surface area (Å²) in [5.74, 6) is 0.755. The lowest BCUT2D eigenvalue weighted by molar-refractivity contribution is 0.259. The van der Waals surface area contributed by atoms with Gasteiger partial charge in [-0.15, -0.1) is 0 Å². The molecule has 17 heavy (non-hydrogen) atoms. The van der Waals surface area contributed by atoms with Crippen molar-refractivity contribution >= 4 is 11.6 Å². The summed E-state index contributed by atoms with van der Waals surface area (Å²) in [7, 11) is 0. The number of aromatic nitrogens is 2. The van der Waals surface area contributed by atoms with Gasteiger partial charge < -0.3 is 15.4 Å². The lowest BCUT2D eigenvalue weighted by Crippen LogP contribution is -2.12. The van der Waals surface area contributed by atoms with Crippen molar-refractivity contribution in [2.24, 2.45) is 5.73 Å². The third-order valence-corrected chi connectivity index (χ3v) is 2.52. The number of benzene rings is 1. The minimum absolute atomic E-state index is 0.0178. The number of rotatable bonds is 4. The fraction of sp³-hybridized carbons (Fsp3) is 0.273. The summed E-state index contributed by atoms with van der Waals surface area (Å²) in [6.07, 6.45) is 0.386. The summed E-state index contributed by atoms with van der Waals surface area (Å²) in [5.41, 5.74) is 6.51. The second kappa shape index (κ2) is 5.27. The predicted octanol–water partition coefficient (Wildman–Crippen LogP) is 1.77. The van der Waals surface area contributed by atoms with Crippen molar-refractivity contribution in [2.45, 2.75) is 12.5 Å². The van der Waals surface area contributed by atoms with Crippen LogP contribution < -0.4 is 5.73 Å². The highest BCUT2D eigenvalue weighted by Crippen LogP contribution is 2.21. The number of nitrogens with zero attached hydrogens (tertiary/aromatic N) is 2. The molecule has 2 rings (SSSR count). The smallest absolute Gasteiger partial charge is 0.243 e. The van der Waals surface area contributed by atoms with Crippen molar-refractivity contribution in [1.82, 2.24) is 10.1 Å². The molecule has 6 heteroatoms. The molecule has 0 fully saturated rings. The molecular weight excluding hydrogens is 242 g/mol. The van der Waals surface area contributed by atoms with Gasteiger partial charge in [-0.1, -0.05) is 28.9 Å². The maximum absolute atomic E-state index is 8.77. The Morgan fingerprint density at radius 3 is 3.00 bits per heavy atom. The normalized spacial score (nSPS) is 12.6. The van der Waals surface area contributed by atoms with Gasteiger partial charge in [0.2, 0.25) is 11.7 Å². The van der Waals surface area contributed by atoms with Crippen molar-refractivity contribution in [3.8, 4) is 11.4 Å². The Hall–Kier alpha value is -1.43. The highest BCUT2D eigenvalue weighted by Gasteiger charge is 2.15. The average Bonchev–Trinajstić information content (AvgIpc) is 2.78. The number of halogens is 1. The Labute approximate surface area is 103 Å². The molecule has 0 radical (unpaired) electrons. The third kappa shape index (κ3) is 2.82. The number of nitrogens with two attached hydrogens (primary N) is 1. The van der Waals surface area contributed by atoms with E-state index in [2.05, 4.69) is 10.1 Å². The number of hydrogen-bond acceptors (Lipinski definition) is 5. The molecule has 0 spiro atoms. The van der Waals surface area contributed by atoms with Crippen LogP contribution in [0, 0.1) is 0 Å². The zero-order chi connectivity index (χ0) is 12.3. The molecule has 90 valence electrons. The van der Waals surface area contributed by atoms with Crippen molar-refractivity contribution in [2.75, 3.05) is 6.61 Å². The molecule has 1 aromatic heterocycles. The summed E-state index contributed by atoms with van der Waals surface area (Å²) in [4.78, 5) is 4.17. The molecule has 0 bridgehead atoms. The van der Waals surface area contributed by atoms with Gasteiger partial charge in [-0.05, 0) is 18.6 Å². The van der Waals surface area contributed by atoms with Gasteiger partial charge in [-0.3, -0.25) is 0 Å². The second-order valence-electron chi connectivity index (χ2n) is 3.59. The first-order valence-corrected chi connectivity index (χ1v) is 5.54. The first-order chi connectivity index (χ1) is 8.20. The first kappa shape index (κ1) is 12.0. The second-order valence-corrected chi connectivity index (χ2v) is 4.02. The van der Waals surface area contributed by atoms with Crippen molar-refractivity contribution in [3.63, 3.8) is 0 Å². The lowest BCUT2D eigenvalue weighted by Gasteiger charge is -2.01. The molecular formula is C11H12ClN3O2. The van der Waals surface area contributed by atoms with Gasteiger partial charge in [0.1, 0.15) is 0 Å². The van der Waals surface area contributed by atoms with E-state index in [4.69, 9.17) is 27.0 Å². The molecule has 2 aromatic rings. The number of aliphatic hydroxyl groups is 1. The minimum Gasteiger partial charge on any atom is -0.396 e. The summed E-state index contributed by atoms with van der Waals surface area (Å²) in [6, 6.07) is 6.71. The number of aliphatic hydroxyl groups excluding tert-OH is 1. The lowest BCUT2D eigenvalue weighted by atomic mass is 10.2. The topological polar surface area (TPSA) is 85.2 Å². The van der Waals surface area contributed by atoms with Crippen LogP contribution in [0.1, 0.15) is 18.4 Å². The van der Waals surface area contributed by atoms with E-state index in [-0.39, 0.29) is 6.61 Å². The van der Waals surface area contributed by atoms with E-state index in [0.29, 0.717) is 23.2 Å². The highest BCUT2D eigenvalue weighted by molar-refractivity contribution is 6.30. The fourth-order valence-corrected chi connectivity index (χ4v) is 1.58. The minimum atomic E-state index is -0.444. The monoisotopic (exact) mass is 253 g/mol. The molecule has 1 heterocycles. The first-order valence-electron chi connectivity index (χ1n) is 5.16. The Balaban J connectivity index is 2.23. The molecule has 0 aliphatic rings. The zero-order valence-corrected chi connectivity index (χ0v) is 9.76. The van der Waals surface area contributed by atoms with Gasteiger partial charge in [0.25, 0.3) is 0 Å². The third-order valence-electron chi connectivity index (χ3n) is 2.28. The van der Waals surface area contributed by atoms with E-state index in [1.54, 1.807) is 18.2 Å². The van der Waals surface area contributed by atoms with Crippen LogP contribution in [0.25, 0.3) is 11.4 Å². The zero-order valence-electron chi connectivity index (χ0n) is 9.01. The van der Waals surface area contributed by atoms with E-state index in [9.17, 15) is 0 Å². The van der Waals surface area contributed by atoms with Gasteiger partial charge in [0.15, 0.2) is 0 Å². The Morgan fingerprint density at radius 1 is 1.47 bits per heavy atom. The fourth-order valence-electron chi connectivity index (χ4n) is 1.39. The van der Waals surface area contributed by atoms with E-state index in [0.717, 1.165) is 5.56 Å². The van der Waals surface area contributed by atoms with E-state index >= 15 is 0 Å². The maximum Gasteiger partial charge on any atom is 0.243 e. The maximum atomic E-state index is 8.77. The van der Waals surface area contributed by atoms with E-state index in [1.165, 1.54) is 0 Å². The average molecular weight is 254 g/mol. The van der Waals surface area contributed by atoms with Crippen molar-refractivity contribution < 1.29 is 9.63 Å². The van der Waals surface area contributed by atoms with Gasteiger partial charge in [0, 0.05) is 17.2 Å². The molecule has 5 nitrogen and oxygen atoms in total. The van der Waals surface area contributed by atoms with E-state index in [1.807, 2.05) is 6.07 Å². The van der Waals surface area contributed by atoms with Crippen LogP contribution in [0.4, 0.5) is 0 Å². The molecule has 3 N–H and O–H groups in total. The van der Waals surface area contributed by atoms with Crippen LogP contribution in [0.15, 0.2) is 28.8 Å². The van der Waals surface area contributed by atoms with Crippen LogP contribution in [0.5, 0.6) is 0 Å². The van der Waals surface area contributed by atoms with Gasteiger partial charge >= 0.3 is 0 Å². The highest BCUT2D eigenvalue weighted by atomic mass is 35.5. The summed E-state index contributed by atoms with van der Waals surface area (Å²) in [6.45, 7) is -0.0178. The van der Waals surface area contributed by atoms with E-state index < -0.39 is 6.04 Å². The summed E-state index contributed by atoms with van der Waals surface area (Å²) >= 11 is 5.87. The van der Waals surface area contributed by atoms with Gasteiger partial charge in [-0.2, -0.15) is 4.98 Å². The predicted molar refractivity (Wildman–Crippen MR) is 63.4 cm³/mol. The van der Waals surface area contributed by atoms with Crippen LogP contribution in [-0.4, -0.2) is 21.9 Å². The number of hydrogen-bond donors (Lipinski definition) is 2. The largest absolute Gasteiger partial charge is 0.396 e. The Kier molecular flexibility index (Phi) is 3.73. The van der Waals surface area contributed by atoms with Crippen LogP contribution in [0.3, 0.4) is 0 Å². The molecule has 1 unspecified atom stereocenters. The summed E-state index contributed by atoms with van der Waals surface area (Å²) in [5, 5.41) is 13.2. The Bertz CT molecular complexity index is 501. The van der Waals surface area contributed by atoms with Gasteiger partial charge in [0.05, 0.1) is 6.04 Å². The molecule has 0 saturated heterocycles. The molecule has 1 aromatic carbocycles. The standard InChI is InChI=1S/C11H12ClN3O2/c12-8-3-1-2-7(6-8)10-14-11(17-15-10)9(13)4-5-16/h1-3,6,9,16H,4-5,13H2. The van der Waals surface area contributed by atoms with Crippen LogP contribution >= 0.6 is 11.6 Å². The molecule has 0 amide bonds. The van der Waals surface area contributed by atoms with Crippen LogP contribution in [-0.2, 0) is 0 Å². The summed E-state index contributed by atoms with van der Waals surface area (Å²) < 4.78 is 5.03. The van der Waals surface area contributed by atoms with Gasteiger partial charge in [-0.25, -0.2) is 0 Å². The molecule has 1 atom stereocenters. The SMILES string of the molecule is NC(CCO)c1nc(-c2cccc(Cl)c2)no1. The Morgan fingerprint density at radius 2 is 2.29 bits per heavy atom. The van der Waals surface area contributed by atoms with Crippen LogP contribution in [0.2, 0.25) is 5.02 Å².